The number of benzene rings is 2. The fourth-order valence-corrected chi connectivity index (χ4v) is 2.97. The molecular weight excluding hydrogens is 281 g/mol. The minimum absolute atomic E-state index is 0.0244. The summed E-state index contributed by atoms with van der Waals surface area (Å²) in [5.74, 6) is 1.21. The van der Waals surface area contributed by atoms with Crippen LogP contribution in [0.1, 0.15) is 17.5 Å². The van der Waals surface area contributed by atoms with Crippen molar-refractivity contribution >= 4 is 0 Å². The molecule has 3 nitrogen and oxygen atoms in total. The Balaban J connectivity index is 2.12. The van der Waals surface area contributed by atoms with Crippen molar-refractivity contribution in [1.29, 1.82) is 0 Å². The molecule has 0 spiro atoms. The Morgan fingerprint density at radius 3 is 2.82 bits per heavy atom. The Morgan fingerprint density at radius 2 is 2.09 bits per heavy atom. The van der Waals surface area contributed by atoms with Gasteiger partial charge in [-0.2, -0.15) is 0 Å². The number of methoxy groups -OCH3 is 1. The number of aryl methyl sites for hydroxylation is 1. The Morgan fingerprint density at radius 1 is 1.27 bits per heavy atom. The molecule has 2 N–H and O–H groups in total. The summed E-state index contributed by atoms with van der Waals surface area (Å²) in [5.41, 5.74) is 9.20. The molecule has 0 saturated heterocycles. The number of nitrogens with two attached hydrogens (primary N) is 1. The van der Waals surface area contributed by atoms with Crippen LogP contribution < -0.4 is 15.2 Å². The molecule has 116 valence electrons. The molecule has 0 fully saturated rings. The monoisotopic (exact) mass is 301 g/mol. The highest BCUT2D eigenvalue weighted by molar-refractivity contribution is 5.78. The van der Waals surface area contributed by atoms with Gasteiger partial charge in [0.2, 0.25) is 0 Å². The summed E-state index contributed by atoms with van der Waals surface area (Å²) in [5, 5.41) is 0. The van der Waals surface area contributed by atoms with Crippen LogP contribution in [0.25, 0.3) is 11.1 Å². The highest BCUT2D eigenvalue weighted by Gasteiger charge is 2.27. The maximum Gasteiger partial charge on any atom is 0.131 e. The molecule has 1 aliphatic rings. The zero-order valence-electron chi connectivity index (χ0n) is 12.9. The maximum absolute atomic E-state index is 14.0. The van der Waals surface area contributed by atoms with E-state index in [1.165, 1.54) is 6.07 Å². The Hall–Kier alpha value is -2.07. The van der Waals surface area contributed by atoms with Gasteiger partial charge in [0, 0.05) is 23.1 Å². The van der Waals surface area contributed by atoms with Crippen molar-refractivity contribution in [1.82, 2.24) is 0 Å². The van der Waals surface area contributed by atoms with Crippen molar-refractivity contribution in [2.45, 2.75) is 25.9 Å². The number of ether oxygens (including phenoxy) is 2. The van der Waals surface area contributed by atoms with Crippen molar-refractivity contribution in [2.75, 3.05) is 13.7 Å². The lowest BCUT2D eigenvalue weighted by atomic mass is 9.98. The molecule has 1 heterocycles. The normalized spacial score (nSPS) is 16.3. The Bertz CT molecular complexity index is 700. The van der Waals surface area contributed by atoms with E-state index in [0.29, 0.717) is 18.7 Å². The van der Waals surface area contributed by atoms with Gasteiger partial charge in [0.15, 0.2) is 0 Å². The van der Waals surface area contributed by atoms with Crippen LogP contribution in [0.5, 0.6) is 11.5 Å². The molecule has 4 heteroatoms. The van der Waals surface area contributed by atoms with Crippen molar-refractivity contribution in [3.8, 4) is 22.6 Å². The predicted molar refractivity (Wildman–Crippen MR) is 84.9 cm³/mol. The van der Waals surface area contributed by atoms with E-state index in [4.69, 9.17) is 15.2 Å². The number of halogens is 1. The average Bonchev–Trinajstić information content (AvgIpc) is 2.89. The second-order valence-electron chi connectivity index (χ2n) is 5.67. The van der Waals surface area contributed by atoms with Gasteiger partial charge < -0.3 is 15.2 Å². The standard InChI is InChI=1S/C18H20FNO2/c1-11-3-4-17(21-2)15(7-11)16-10-13(19)8-12-9-14(5-6-20)22-18(12)16/h3-4,7-8,10,14H,5-6,9,20H2,1-2H3. The molecule has 2 aromatic rings. The van der Waals surface area contributed by atoms with E-state index >= 15 is 0 Å². The first-order valence-corrected chi connectivity index (χ1v) is 7.46. The molecule has 0 amide bonds. The van der Waals surface area contributed by atoms with Crippen LogP contribution in [0.4, 0.5) is 4.39 Å². The molecule has 0 saturated carbocycles. The van der Waals surface area contributed by atoms with Gasteiger partial charge in [-0.3, -0.25) is 0 Å². The average molecular weight is 301 g/mol. The molecule has 0 aromatic heterocycles. The van der Waals surface area contributed by atoms with E-state index in [9.17, 15) is 4.39 Å². The number of hydrogen-bond donors (Lipinski definition) is 1. The highest BCUT2D eigenvalue weighted by Crippen LogP contribution is 2.43. The van der Waals surface area contributed by atoms with Gasteiger partial charge in [-0.1, -0.05) is 11.6 Å². The Labute approximate surface area is 129 Å². The molecule has 1 aliphatic heterocycles. The third-order valence-electron chi connectivity index (χ3n) is 4.00. The fraction of sp³-hybridized carbons (Fsp3) is 0.333. The largest absolute Gasteiger partial charge is 0.496 e. The highest BCUT2D eigenvalue weighted by atomic mass is 19.1. The molecule has 1 unspecified atom stereocenters. The van der Waals surface area contributed by atoms with Gasteiger partial charge in [0.25, 0.3) is 0 Å². The summed E-state index contributed by atoms with van der Waals surface area (Å²) in [7, 11) is 1.62. The van der Waals surface area contributed by atoms with E-state index in [0.717, 1.165) is 34.4 Å². The van der Waals surface area contributed by atoms with Crippen LogP contribution in [0.15, 0.2) is 30.3 Å². The summed E-state index contributed by atoms with van der Waals surface area (Å²) in [4.78, 5) is 0. The topological polar surface area (TPSA) is 44.5 Å². The number of rotatable bonds is 4. The van der Waals surface area contributed by atoms with E-state index in [-0.39, 0.29) is 11.9 Å². The summed E-state index contributed by atoms with van der Waals surface area (Å²) in [6.07, 6.45) is 1.49. The van der Waals surface area contributed by atoms with E-state index in [1.807, 2.05) is 25.1 Å². The first kappa shape index (κ1) is 14.9. The summed E-state index contributed by atoms with van der Waals surface area (Å²) < 4.78 is 25.5. The molecule has 0 bridgehead atoms. The van der Waals surface area contributed by atoms with E-state index in [1.54, 1.807) is 13.2 Å². The van der Waals surface area contributed by atoms with Gasteiger partial charge >= 0.3 is 0 Å². The fourth-order valence-electron chi connectivity index (χ4n) is 2.97. The quantitative estimate of drug-likeness (QED) is 0.940. The second-order valence-corrected chi connectivity index (χ2v) is 5.67. The van der Waals surface area contributed by atoms with Crippen LogP contribution in [-0.2, 0) is 6.42 Å². The lowest BCUT2D eigenvalue weighted by molar-refractivity contribution is 0.225. The smallest absolute Gasteiger partial charge is 0.131 e. The van der Waals surface area contributed by atoms with Crippen LogP contribution in [-0.4, -0.2) is 19.8 Å². The number of fused-ring (bicyclic) bond motifs is 1. The van der Waals surface area contributed by atoms with Gasteiger partial charge in [0.05, 0.1) is 7.11 Å². The summed E-state index contributed by atoms with van der Waals surface area (Å²) in [6, 6.07) is 8.93. The predicted octanol–water partition coefficient (Wildman–Crippen LogP) is 3.46. The SMILES string of the molecule is COc1ccc(C)cc1-c1cc(F)cc2c1OC(CCN)C2. The van der Waals surface area contributed by atoms with Crippen LogP contribution in [0.2, 0.25) is 0 Å². The van der Waals surface area contributed by atoms with E-state index in [2.05, 4.69) is 0 Å². The molecule has 22 heavy (non-hydrogen) atoms. The molecule has 0 radical (unpaired) electrons. The molecule has 3 rings (SSSR count). The molecule has 0 aliphatic carbocycles. The van der Waals surface area contributed by atoms with Crippen LogP contribution in [0, 0.1) is 12.7 Å². The van der Waals surface area contributed by atoms with Crippen LogP contribution in [0.3, 0.4) is 0 Å². The molecule has 2 aromatic carbocycles. The first-order valence-electron chi connectivity index (χ1n) is 7.46. The Kier molecular flexibility index (Phi) is 4.03. The van der Waals surface area contributed by atoms with Gasteiger partial charge in [-0.15, -0.1) is 0 Å². The molecular formula is C18H20FNO2. The zero-order valence-corrected chi connectivity index (χ0v) is 12.9. The van der Waals surface area contributed by atoms with Crippen molar-refractivity contribution in [2.24, 2.45) is 5.73 Å². The van der Waals surface area contributed by atoms with Crippen molar-refractivity contribution in [3.05, 3.63) is 47.3 Å². The summed E-state index contributed by atoms with van der Waals surface area (Å²) >= 11 is 0. The maximum atomic E-state index is 14.0. The molecule has 1 atom stereocenters. The van der Waals surface area contributed by atoms with Crippen molar-refractivity contribution < 1.29 is 13.9 Å². The summed E-state index contributed by atoms with van der Waals surface area (Å²) in [6.45, 7) is 2.56. The zero-order chi connectivity index (χ0) is 15.7. The van der Waals surface area contributed by atoms with E-state index < -0.39 is 0 Å². The lowest BCUT2D eigenvalue weighted by Crippen LogP contribution is -2.17. The van der Waals surface area contributed by atoms with Crippen LogP contribution >= 0.6 is 0 Å². The van der Waals surface area contributed by atoms with Gasteiger partial charge in [0.1, 0.15) is 23.4 Å². The van der Waals surface area contributed by atoms with Gasteiger partial charge in [-0.05, 0) is 44.2 Å². The lowest BCUT2D eigenvalue weighted by Gasteiger charge is -2.15. The minimum Gasteiger partial charge on any atom is -0.496 e. The first-order chi connectivity index (χ1) is 10.6. The van der Waals surface area contributed by atoms with Gasteiger partial charge in [-0.25, -0.2) is 4.39 Å². The second kappa shape index (κ2) is 5.97. The van der Waals surface area contributed by atoms with Crippen molar-refractivity contribution in [3.63, 3.8) is 0 Å². The number of hydrogen-bond acceptors (Lipinski definition) is 3. The minimum atomic E-state index is -0.255. The third kappa shape index (κ3) is 2.66. The third-order valence-corrected chi connectivity index (χ3v) is 4.00.